The van der Waals surface area contributed by atoms with Crippen LogP contribution in [0.3, 0.4) is 0 Å². The van der Waals surface area contributed by atoms with Crippen LogP contribution in [0.1, 0.15) is 11.6 Å². The van der Waals surface area contributed by atoms with Crippen LogP contribution in [0.15, 0.2) is 12.1 Å². The smallest absolute Gasteiger partial charge is 0.169 e. The Balaban J connectivity index is 2.57. The summed E-state index contributed by atoms with van der Waals surface area (Å²) < 4.78 is 15.8. The number of benzene rings is 1. The van der Waals surface area contributed by atoms with Crippen LogP contribution in [0, 0.1) is 0 Å². The number of methoxy groups -OCH3 is 2. The average Bonchev–Trinajstić information content (AvgIpc) is 2.59. The normalized spacial score (nSPS) is 18.6. The number of rotatable bonds is 2. The lowest BCUT2D eigenvalue weighted by Crippen LogP contribution is -2.12. The van der Waals surface area contributed by atoms with E-state index >= 15 is 0 Å². The summed E-state index contributed by atoms with van der Waals surface area (Å²) in [5, 5.41) is 0. The molecular weight excluding hydrogens is 182 g/mol. The van der Waals surface area contributed by atoms with E-state index in [4.69, 9.17) is 19.9 Å². The van der Waals surface area contributed by atoms with Crippen molar-refractivity contribution in [3.8, 4) is 17.2 Å². The first-order chi connectivity index (χ1) is 6.77. The molecule has 4 nitrogen and oxygen atoms in total. The Bertz CT molecular complexity index is 351. The van der Waals surface area contributed by atoms with Crippen LogP contribution in [-0.2, 0) is 0 Å². The second-order valence-corrected chi connectivity index (χ2v) is 3.13. The quantitative estimate of drug-likeness (QED) is 0.767. The van der Waals surface area contributed by atoms with Crippen molar-refractivity contribution in [1.82, 2.24) is 0 Å². The van der Waals surface area contributed by atoms with Gasteiger partial charge in [0.15, 0.2) is 11.5 Å². The summed E-state index contributed by atoms with van der Waals surface area (Å²) in [4.78, 5) is 0. The van der Waals surface area contributed by atoms with E-state index in [1.165, 1.54) is 0 Å². The zero-order chi connectivity index (χ0) is 10.1. The second kappa shape index (κ2) is 3.38. The number of ether oxygens (including phenoxy) is 3. The number of hydrogen-bond acceptors (Lipinski definition) is 4. The van der Waals surface area contributed by atoms with E-state index in [1.54, 1.807) is 14.2 Å². The lowest BCUT2D eigenvalue weighted by Gasteiger charge is -2.12. The SMILES string of the molecule is COc1ccc2c(c1OC)C(N)CO2. The predicted molar refractivity (Wildman–Crippen MR) is 52.0 cm³/mol. The summed E-state index contributed by atoms with van der Waals surface area (Å²) in [5.74, 6) is 2.15. The molecule has 2 N–H and O–H groups in total. The summed E-state index contributed by atoms with van der Waals surface area (Å²) in [6.45, 7) is 0.499. The Kier molecular flexibility index (Phi) is 2.21. The van der Waals surface area contributed by atoms with Crippen molar-refractivity contribution in [2.75, 3.05) is 20.8 Å². The lowest BCUT2D eigenvalue weighted by molar-refractivity contribution is 0.333. The van der Waals surface area contributed by atoms with Gasteiger partial charge in [-0.15, -0.1) is 0 Å². The number of hydrogen-bond donors (Lipinski definition) is 1. The fourth-order valence-electron chi connectivity index (χ4n) is 1.67. The fourth-order valence-corrected chi connectivity index (χ4v) is 1.67. The molecule has 1 aliphatic heterocycles. The van der Waals surface area contributed by atoms with Gasteiger partial charge >= 0.3 is 0 Å². The van der Waals surface area contributed by atoms with Crippen molar-refractivity contribution in [3.63, 3.8) is 0 Å². The average molecular weight is 195 g/mol. The number of fused-ring (bicyclic) bond motifs is 1. The van der Waals surface area contributed by atoms with Crippen molar-refractivity contribution in [1.29, 1.82) is 0 Å². The van der Waals surface area contributed by atoms with Gasteiger partial charge in [-0.3, -0.25) is 0 Å². The first kappa shape index (κ1) is 9.15. The van der Waals surface area contributed by atoms with Crippen LogP contribution in [-0.4, -0.2) is 20.8 Å². The zero-order valence-corrected chi connectivity index (χ0v) is 8.24. The molecule has 76 valence electrons. The van der Waals surface area contributed by atoms with Crippen LogP contribution < -0.4 is 19.9 Å². The Morgan fingerprint density at radius 2 is 2.14 bits per heavy atom. The minimum Gasteiger partial charge on any atom is -0.493 e. The molecule has 1 heterocycles. The van der Waals surface area contributed by atoms with E-state index in [2.05, 4.69) is 0 Å². The van der Waals surface area contributed by atoms with Crippen molar-refractivity contribution in [3.05, 3.63) is 17.7 Å². The van der Waals surface area contributed by atoms with Gasteiger partial charge in [0.25, 0.3) is 0 Å². The molecule has 0 saturated heterocycles. The molecule has 1 aliphatic rings. The van der Waals surface area contributed by atoms with Gasteiger partial charge in [0.1, 0.15) is 12.4 Å². The van der Waals surface area contributed by atoms with Gasteiger partial charge in [-0.1, -0.05) is 0 Å². The Hall–Kier alpha value is -1.42. The molecule has 0 radical (unpaired) electrons. The molecule has 4 heteroatoms. The monoisotopic (exact) mass is 195 g/mol. The molecule has 1 unspecified atom stereocenters. The fraction of sp³-hybridized carbons (Fsp3) is 0.400. The molecule has 0 bridgehead atoms. The van der Waals surface area contributed by atoms with E-state index in [0.717, 1.165) is 11.3 Å². The van der Waals surface area contributed by atoms with Crippen LogP contribution in [0.5, 0.6) is 17.2 Å². The molecule has 0 spiro atoms. The van der Waals surface area contributed by atoms with Crippen molar-refractivity contribution >= 4 is 0 Å². The Labute approximate surface area is 82.6 Å². The van der Waals surface area contributed by atoms with Crippen LogP contribution in [0.2, 0.25) is 0 Å². The summed E-state index contributed by atoms with van der Waals surface area (Å²) in [5.41, 5.74) is 6.78. The second-order valence-electron chi connectivity index (χ2n) is 3.13. The van der Waals surface area contributed by atoms with Crippen LogP contribution >= 0.6 is 0 Å². The van der Waals surface area contributed by atoms with Gasteiger partial charge in [0.2, 0.25) is 0 Å². The third-order valence-corrected chi connectivity index (χ3v) is 2.33. The highest BCUT2D eigenvalue weighted by Gasteiger charge is 2.27. The van der Waals surface area contributed by atoms with E-state index in [9.17, 15) is 0 Å². The Morgan fingerprint density at radius 1 is 1.36 bits per heavy atom. The van der Waals surface area contributed by atoms with Crippen molar-refractivity contribution < 1.29 is 14.2 Å². The van der Waals surface area contributed by atoms with E-state index in [1.807, 2.05) is 12.1 Å². The lowest BCUT2D eigenvalue weighted by atomic mass is 10.1. The first-order valence-electron chi connectivity index (χ1n) is 4.41. The van der Waals surface area contributed by atoms with Gasteiger partial charge in [-0.05, 0) is 12.1 Å². The third kappa shape index (κ3) is 1.19. The highest BCUT2D eigenvalue weighted by molar-refractivity contribution is 5.56. The molecular formula is C10H13NO3. The Morgan fingerprint density at radius 3 is 2.79 bits per heavy atom. The molecule has 1 aromatic rings. The number of nitrogens with two attached hydrogens (primary N) is 1. The van der Waals surface area contributed by atoms with E-state index in [0.29, 0.717) is 18.1 Å². The summed E-state index contributed by atoms with van der Waals surface area (Å²) in [6, 6.07) is 3.54. The molecule has 0 fully saturated rings. The largest absolute Gasteiger partial charge is 0.493 e. The highest BCUT2D eigenvalue weighted by Crippen LogP contribution is 2.43. The van der Waals surface area contributed by atoms with Crippen molar-refractivity contribution in [2.24, 2.45) is 5.73 Å². The van der Waals surface area contributed by atoms with Gasteiger partial charge in [0, 0.05) is 0 Å². The van der Waals surface area contributed by atoms with Crippen LogP contribution in [0.25, 0.3) is 0 Å². The van der Waals surface area contributed by atoms with Gasteiger partial charge < -0.3 is 19.9 Å². The molecule has 2 rings (SSSR count). The maximum absolute atomic E-state index is 5.89. The van der Waals surface area contributed by atoms with Gasteiger partial charge in [-0.25, -0.2) is 0 Å². The predicted octanol–water partition coefficient (Wildman–Crippen LogP) is 1.10. The topological polar surface area (TPSA) is 53.7 Å². The zero-order valence-electron chi connectivity index (χ0n) is 8.24. The first-order valence-corrected chi connectivity index (χ1v) is 4.41. The minimum absolute atomic E-state index is 0.130. The van der Waals surface area contributed by atoms with E-state index < -0.39 is 0 Å². The molecule has 0 aliphatic carbocycles. The van der Waals surface area contributed by atoms with Crippen molar-refractivity contribution in [2.45, 2.75) is 6.04 Å². The summed E-state index contributed by atoms with van der Waals surface area (Å²) >= 11 is 0. The molecule has 14 heavy (non-hydrogen) atoms. The van der Waals surface area contributed by atoms with Crippen LogP contribution in [0.4, 0.5) is 0 Å². The summed E-state index contributed by atoms with van der Waals surface area (Å²) in [7, 11) is 3.20. The maximum atomic E-state index is 5.89. The third-order valence-electron chi connectivity index (χ3n) is 2.33. The highest BCUT2D eigenvalue weighted by atomic mass is 16.5. The minimum atomic E-state index is -0.130. The maximum Gasteiger partial charge on any atom is 0.169 e. The molecule has 0 aromatic heterocycles. The molecule has 0 amide bonds. The van der Waals surface area contributed by atoms with Gasteiger partial charge in [-0.2, -0.15) is 0 Å². The summed E-state index contributed by atoms with van der Waals surface area (Å²) in [6.07, 6.45) is 0. The molecule has 0 saturated carbocycles. The molecule has 1 atom stereocenters. The van der Waals surface area contributed by atoms with E-state index in [-0.39, 0.29) is 6.04 Å². The van der Waals surface area contributed by atoms with Gasteiger partial charge in [0.05, 0.1) is 25.8 Å². The standard InChI is InChI=1S/C10H13NO3/c1-12-8-4-3-7-9(10(8)13-2)6(11)5-14-7/h3-4,6H,5,11H2,1-2H3. The molecule has 1 aromatic carbocycles.